The Morgan fingerprint density at radius 1 is 1.13 bits per heavy atom. The maximum Gasteiger partial charge on any atom is 0.283 e. The molecule has 4 rings (SSSR count). The number of fused-ring (bicyclic) bond motifs is 1. The molecule has 4 aromatic rings. The first-order chi connectivity index (χ1) is 14.5. The molecule has 2 aromatic heterocycles. The molecule has 0 saturated carbocycles. The maximum atomic E-state index is 13.4. The van der Waals surface area contributed by atoms with Gasteiger partial charge in [-0.2, -0.15) is 0 Å². The van der Waals surface area contributed by atoms with Crippen molar-refractivity contribution in [2.45, 2.75) is 26.4 Å². The number of carbonyl (C=O) groups excluding carboxylic acids is 1. The number of carbonyl (C=O) groups is 1. The average molecular weight is 406 g/mol. The van der Waals surface area contributed by atoms with Crippen LogP contribution >= 0.6 is 0 Å². The van der Waals surface area contributed by atoms with Crippen molar-refractivity contribution in [1.82, 2.24) is 24.5 Å². The first-order valence-corrected chi connectivity index (χ1v) is 9.45. The highest BCUT2D eigenvalue weighted by Crippen LogP contribution is 2.11. The fraction of sp³-hybridized carbons (Fsp3) is 0.190. The number of halogens is 1. The largest absolute Gasteiger partial charge is 0.325 e. The molecular formula is C21H19FN6O2. The van der Waals surface area contributed by atoms with Gasteiger partial charge in [0.15, 0.2) is 11.2 Å². The first-order valence-electron chi connectivity index (χ1n) is 9.45. The van der Waals surface area contributed by atoms with Gasteiger partial charge in [-0.1, -0.05) is 36.4 Å². The summed E-state index contributed by atoms with van der Waals surface area (Å²) in [6, 6.07) is 13.6. The summed E-state index contributed by atoms with van der Waals surface area (Å²) in [5, 5.41) is 10.6. The molecule has 8 nitrogen and oxygen atoms in total. The lowest BCUT2D eigenvalue weighted by atomic mass is 10.1. The number of anilines is 1. The molecular weight excluding hydrogens is 387 g/mol. The van der Waals surface area contributed by atoms with Crippen LogP contribution in [-0.4, -0.2) is 30.5 Å². The fourth-order valence-electron chi connectivity index (χ4n) is 3.09. The van der Waals surface area contributed by atoms with Crippen LogP contribution in [0, 0.1) is 5.82 Å². The Bertz CT molecular complexity index is 1260. The van der Waals surface area contributed by atoms with Gasteiger partial charge in [0.05, 0.1) is 6.54 Å². The molecule has 0 aliphatic carbocycles. The van der Waals surface area contributed by atoms with Gasteiger partial charge in [-0.05, 0) is 41.8 Å². The zero-order valence-corrected chi connectivity index (χ0v) is 16.2. The van der Waals surface area contributed by atoms with Gasteiger partial charge in [0.25, 0.3) is 5.56 Å². The van der Waals surface area contributed by atoms with Gasteiger partial charge in [-0.3, -0.25) is 14.2 Å². The monoisotopic (exact) mass is 406 g/mol. The highest BCUT2D eigenvalue weighted by Gasteiger charge is 2.14. The second-order valence-electron chi connectivity index (χ2n) is 6.83. The van der Waals surface area contributed by atoms with E-state index in [9.17, 15) is 14.0 Å². The van der Waals surface area contributed by atoms with Gasteiger partial charge in [0.2, 0.25) is 5.91 Å². The number of benzene rings is 2. The van der Waals surface area contributed by atoms with Crippen molar-refractivity contribution in [1.29, 1.82) is 0 Å². The Kier molecular flexibility index (Phi) is 5.34. The molecule has 0 saturated heterocycles. The van der Waals surface area contributed by atoms with Gasteiger partial charge in [0, 0.05) is 5.69 Å². The molecule has 0 radical (unpaired) electrons. The Balaban J connectivity index is 1.52. The van der Waals surface area contributed by atoms with Crippen LogP contribution in [-0.2, 0) is 24.3 Å². The van der Waals surface area contributed by atoms with E-state index >= 15 is 0 Å². The van der Waals surface area contributed by atoms with Crippen molar-refractivity contribution in [2.75, 3.05) is 5.32 Å². The molecule has 9 heteroatoms. The van der Waals surface area contributed by atoms with Crippen molar-refractivity contribution in [3.8, 4) is 0 Å². The van der Waals surface area contributed by atoms with Crippen molar-refractivity contribution >= 4 is 22.8 Å². The number of hydrogen-bond acceptors (Lipinski definition) is 5. The van der Waals surface area contributed by atoms with Crippen LogP contribution in [0.25, 0.3) is 11.2 Å². The lowest BCUT2D eigenvalue weighted by Crippen LogP contribution is -2.28. The third kappa shape index (κ3) is 4.09. The van der Waals surface area contributed by atoms with Crippen LogP contribution < -0.4 is 10.9 Å². The van der Waals surface area contributed by atoms with E-state index in [4.69, 9.17) is 0 Å². The van der Waals surface area contributed by atoms with Crippen LogP contribution in [0.3, 0.4) is 0 Å². The van der Waals surface area contributed by atoms with Crippen LogP contribution in [0.4, 0.5) is 10.1 Å². The summed E-state index contributed by atoms with van der Waals surface area (Å²) in [5.74, 6) is -0.711. The topological polar surface area (TPSA) is 94.7 Å². The van der Waals surface area contributed by atoms with Crippen molar-refractivity contribution < 1.29 is 9.18 Å². The molecule has 2 heterocycles. The minimum absolute atomic E-state index is 0.0500. The minimum Gasteiger partial charge on any atom is -0.325 e. The van der Waals surface area contributed by atoms with E-state index < -0.39 is 5.56 Å². The molecule has 1 amide bonds. The highest BCUT2D eigenvalue weighted by atomic mass is 19.1. The zero-order valence-electron chi connectivity index (χ0n) is 16.2. The lowest BCUT2D eigenvalue weighted by molar-refractivity contribution is -0.116. The van der Waals surface area contributed by atoms with Crippen LogP contribution in [0.5, 0.6) is 0 Å². The number of nitrogens with one attached hydrogen (secondary N) is 1. The number of rotatable bonds is 6. The molecule has 0 fully saturated rings. The summed E-state index contributed by atoms with van der Waals surface area (Å²) >= 11 is 0. The predicted molar refractivity (Wildman–Crippen MR) is 110 cm³/mol. The van der Waals surface area contributed by atoms with E-state index in [2.05, 4.69) is 27.5 Å². The Labute approximate surface area is 171 Å². The third-order valence-corrected chi connectivity index (χ3v) is 4.67. The molecule has 0 bridgehead atoms. The molecule has 0 aliphatic heterocycles. The van der Waals surface area contributed by atoms with E-state index in [0.29, 0.717) is 11.3 Å². The quantitative estimate of drug-likeness (QED) is 0.531. The summed E-state index contributed by atoms with van der Waals surface area (Å²) in [6.07, 6.45) is 2.20. The minimum atomic E-state index is -0.470. The molecule has 1 N–H and O–H groups in total. The SMILES string of the molecule is CCc1ccc(NC(=O)Cn2cnc3c(nnn3Cc3cccc(F)c3)c2=O)cc1. The van der Waals surface area contributed by atoms with Crippen LogP contribution in [0.2, 0.25) is 0 Å². The van der Waals surface area contributed by atoms with Crippen molar-refractivity contribution in [3.63, 3.8) is 0 Å². The van der Waals surface area contributed by atoms with E-state index in [0.717, 1.165) is 6.42 Å². The molecule has 0 atom stereocenters. The fourth-order valence-corrected chi connectivity index (χ4v) is 3.09. The standard InChI is InChI=1S/C21H19FN6O2/c1-2-14-6-8-17(9-7-14)24-18(29)12-27-13-23-20-19(21(27)30)25-26-28(20)11-15-4-3-5-16(22)10-15/h3-10,13H,2,11-12H2,1H3,(H,24,29). The van der Waals surface area contributed by atoms with E-state index in [1.165, 1.54) is 33.3 Å². The Morgan fingerprint density at radius 2 is 1.93 bits per heavy atom. The van der Waals surface area contributed by atoms with E-state index in [1.54, 1.807) is 12.1 Å². The van der Waals surface area contributed by atoms with Crippen molar-refractivity contribution in [3.05, 3.63) is 82.2 Å². The van der Waals surface area contributed by atoms with Gasteiger partial charge >= 0.3 is 0 Å². The summed E-state index contributed by atoms with van der Waals surface area (Å²) in [5.41, 5.74) is 2.34. The number of hydrogen-bond donors (Lipinski definition) is 1. The lowest BCUT2D eigenvalue weighted by Gasteiger charge is -2.08. The smallest absolute Gasteiger partial charge is 0.283 e. The number of amides is 1. The summed E-state index contributed by atoms with van der Waals surface area (Å²) < 4.78 is 16.0. The second kappa shape index (κ2) is 8.24. The predicted octanol–water partition coefficient (Wildman–Crippen LogP) is 2.38. The molecule has 0 spiro atoms. The second-order valence-corrected chi connectivity index (χ2v) is 6.83. The van der Waals surface area contributed by atoms with Gasteiger partial charge < -0.3 is 5.32 Å². The summed E-state index contributed by atoms with van der Waals surface area (Å²) in [4.78, 5) is 29.2. The number of aryl methyl sites for hydroxylation is 1. The Morgan fingerprint density at radius 3 is 2.67 bits per heavy atom. The molecule has 2 aromatic carbocycles. The molecule has 0 aliphatic rings. The van der Waals surface area contributed by atoms with Crippen LogP contribution in [0.1, 0.15) is 18.1 Å². The summed E-state index contributed by atoms with van der Waals surface area (Å²) in [6.45, 7) is 2.07. The third-order valence-electron chi connectivity index (χ3n) is 4.67. The van der Waals surface area contributed by atoms with Crippen LogP contribution in [0.15, 0.2) is 59.7 Å². The Hall–Kier alpha value is -3.88. The summed E-state index contributed by atoms with van der Waals surface area (Å²) in [7, 11) is 0. The van der Waals surface area contributed by atoms with E-state index in [1.807, 2.05) is 24.3 Å². The number of nitrogens with zero attached hydrogens (tertiary/aromatic N) is 5. The van der Waals surface area contributed by atoms with Crippen molar-refractivity contribution in [2.24, 2.45) is 0 Å². The normalized spacial score (nSPS) is 11.0. The maximum absolute atomic E-state index is 13.4. The van der Waals surface area contributed by atoms with E-state index in [-0.39, 0.29) is 36.0 Å². The number of aromatic nitrogens is 5. The van der Waals surface area contributed by atoms with Gasteiger partial charge in [0.1, 0.15) is 18.7 Å². The molecule has 152 valence electrons. The zero-order chi connectivity index (χ0) is 21.1. The highest BCUT2D eigenvalue weighted by molar-refractivity contribution is 5.90. The average Bonchev–Trinajstić information content (AvgIpc) is 3.14. The molecule has 30 heavy (non-hydrogen) atoms. The molecule has 0 unspecified atom stereocenters. The van der Waals surface area contributed by atoms with Gasteiger partial charge in [-0.15, -0.1) is 5.10 Å². The van der Waals surface area contributed by atoms with Gasteiger partial charge in [-0.25, -0.2) is 14.1 Å². The first kappa shape index (κ1) is 19.4.